The lowest BCUT2D eigenvalue weighted by atomic mass is 9.98. The lowest BCUT2D eigenvalue weighted by molar-refractivity contribution is 0.0684. The van der Waals surface area contributed by atoms with E-state index >= 15 is 0 Å². The normalized spacial score (nSPS) is 12.2. The molecule has 0 bridgehead atoms. The molecule has 0 fully saturated rings. The van der Waals surface area contributed by atoms with Crippen LogP contribution in [0, 0.1) is 5.82 Å². The average molecular weight is 379 g/mol. The summed E-state index contributed by atoms with van der Waals surface area (Å²) in [4.78, 5) is 29.9. The highest BCUT2D eigenvalue weighted by atomic mass is 19.1. The van der Waals surface area contributed by atoms with Gasteiger partial charge in [-0.3, -0.25) is 5.32 Å². The topological polar surface area (TPSA) is 101 Å². The summed E-state index contributed by atoms with van der Waals surface area (Å²) in [6.07, 6.45) is -0.0817. The first-order valence-corrected chi connectivity index (χ1v) is 8.42. The molecule has 1 aliphatic rings. The van der Waals surface area contributed by atoms with Crippen LogP contribution < -0.4 is 5.32 Å². The van der Waals surface area contributed by atoms with E-state index in [1.165, 1.54) is 0 Å². The van der Waals surface area contributed by atoms with E-state index in [4.69, 9.17) is 9.84 Å². The van der Waals surface area contributed by atoms with Gasteiger partial charge in [0.15, 0.2) is 17.3 Å². The molecule has 3 aromatic rings. The van der Waals surface area contributed by atoms with Crippen molar-refractivity contribution < 1.29 is 23.8 Å². The third-order valence-electron chi connectivity index (χ3n) is 4.56. The number of anilines is 1. The molecule has 0 atom stereocenters. The maximum Gasteiger partial charge on any atom is 0.412 e. The lowest BCUT2D eigenvalue weighted by Crippen LogP contribution is -2.20. The van der Waals surface area contributed by atoms with Crippen molar-refractivity contribution in [2.75, 3.05) is 11.9 Å². The second-order valence-electron chi connectivity index (χ2n) is 6.14. The Morgan fingerprint density at radius 3 is 2.25 bits per heavy atom. The Morgan fingerprint density at radius 2 is 1.64 bits per heavy atom. The van der Waals surface area contributed by atoms with Crippen LogP contribution in [-0.2, 0) is 4.74 Å². The monoisotopic (exact) mass is 379 g/mol. The van der Waals surface area contributed by atoms with Crippen molar-refractivity contribution in [1.29, 1.82) is 0 Å². The van der Waals surface area contributed by atoms with E-state index in [1.807, 2.05) is 48.5 Å². The van der Waals surface area contributed by atoms with Gasteiger partial charge >= 0.3 is 12.1 Å². The van der Waals surface area contributed by atoms with E-state index in [0.29, 0.717) is 0 Å². The third kappa shape index (κ3) is 3.05. The molecule has 2 N–H and O–H groups in total. The zero-order chi connectivity index (χ0) is 19.7. The van der Waals surface area contributed by atoms with Crippen molar-refractivity contribution in [3.8, 4) is 11.1 Å². The first kappa shape index (κ1) is 17.6. The van der Waals surface area contributed by atoms with Gasteiger partial charge in [-0.15, -0.1) is 0 Å². The fraction of sp³-hybridized carbons (Fsp3) is 0.100. The summed E-state index contributed by atoms with van der Waals surface area (Å²) < 4.78 is 19.3. The molecule has 0 saturated carbocycles. The number of fused-ring (bicyclic) bond motifs is 3. The largest absolute Gasteiger partial charge is 0.476 e. The number of benzene rings is 2. The highest BCUT2D eigenvalue weighted by molar-refractivity contribution is 5.89. The maximum absolute atomic E-state index is 14.0. The molecule has 0 aliphatic heterocycles. The summed E-state index contributed by atoms with van der Waals surface area (Å²) in [5.74, 6) is -3.49. The zero-order valence-corrected chi connectivity index (χ0v) is 14.4. The number of nitrogens with zero attached hydrogens (tertiary/aromatic N) is 2. The molecule has 0 unspecified atom stereocenters. The van der Waals surface area contributed by atoms with Crippen LogP contribution in [0.3, 0.4) is 0 Å². The van der Waals surface area contributed by atoms with Gasteiger partial charge in [0.1, 0.15) is 12.9 Å². The van der Waals surface area contributed by atoms with Crippen molar-refractivity contribution in [2.45, 2.75) is 5.92 Å². The molecule has 7 nitrogen and oxygen atoms in total. The van der Waals surface area contributed by atoms with Crippen molar-refractivity contribution >= 4 is 17.9 Å². The van der Waals surface area contributed by atoms with Gasteiger partial charge < -0.3 is 9.84 Å². The van der Waals surface area contributed by atoms with Crippen LogP contribution in [0.4, 0.5) is 15.0 Å². The molecule has 1 aromatic heterocycles. The number of carbonyl (C=O) groups excluding carboxylic acids is 1. The number of carboxylic acid groups (broad SMARTS) is 1. The summed E-state index contributed by atoms with van der Waals surface area (Å²) in [7, 11) is 0. The third-order valence-corrected chi connectivity index (χ3v) is 4.56. The summed E-state index contributed by atoms with van der Waals surface area (Å²) in [6.45, 7) is 0.0400. The van der Waals surface area contributed by atoms with Crippen LogP contribution in [0.15, 0.2) is 54.9 Å². The minimum atomic E-state index is -1.56. The molecule has 1 aliphatic carbocycles. The Morgan fingerprint density at radius 1 is 1.04 bits per heavy atom. The van der Waals surface area contributed by atoms with E-state index in [-0.39, 0.29) is 12.5 Å². The predicted octanol–water partition coefficient (Wildman–Crippen LogP) is 3.67. The maximum atomic E-state index is 14.0. The number of carbonyl (C=O) groups is 2. The number of nitrogens with one attached hydrogen (secondary N) is 1. The van der Waals surface area contributed by atoms with Gasteiger partial charge in [-0.05, 0) is 22.3 Å². The Balaban J connectivity index is 1.50. The molecule has 0 spiro atoms. The first-order chi connectivity index (χ1) is 13.6. The Labute approximate surface area is 158 Å². The summed E-state index contributed by atoms with van der Waals surface area (Å²) in [5.41, 5.74) is 3.42. The van der Waals surface area contributed by atoms with Crippen LogP contribution in [0.2, 0.25) is 0 Å². The van der Waals surface area contributed by atoms with Crippen molar-refractivity contribution in [3.05, 3.63) is 77.5 Å². The van der Waals surface area contributed by atoms with Crippen molar-refractivity contribution in [3.63, 3.8) is 0 Å². The smallest absolute Gasteiger partial charge is 0.412 e. The second kappa shape index (κ2) is 7.07. The Bertz CT molecular complexity index is 1040. The fourth-order valence-electron chi connectivity index (χ4n) is 3.34. The van der Waals surface area contributed by atoms with Crippen LogP contribution >= 0.6 is 0 Å². The molecule has 28 heavy (non-hydrogen) atoms. The number of hydrogen-bond donors (Lipinski definition) is 2. The molecule has 1 heterocycles. The van der Waals surface area contributed by atoms with E-state index in [1.54, 1.807) is 0 Å². The van der Waals surface area contributed by atoms with Crippen LogP contribution in [-0.4, -0.2) is 33.7 Å². The van der Waals surface area contributed by atoms with Crippen LogP contribution in [0.1, 0.15) is 27.5 Å². The zero-order valence-electron chi connectivity index (χ0n) is 14.4. The number of aromatic nitrogens is 2. The lowest BCUT2D eigenvalue weighted by Gasteiger charge is -2.14. The predicted molar refractivity (Wildman–Crippen MR) is 97.6 cm³/mol. The molecule has 0 radical (unpaired) electrons. The van der Waals surface area contributed by atoms with E-state index in [0.717, 1.165) is 28.6 Å². The number of halogens is 1. The number of carboxylic acids is 1. The quantitative estimate of drug-likeness (QED) is 0.717. The first-order valence-electron chi connectivity index (χ1n) is 8.42. The minimum absolute atomic E-state index is 0.0400. The molecule has 8 heteroatoms. The van der Waals surface area contributed by atoms with Gasteiger partial charge in [0, 0.05) is 5.92 Å². The molecule has 0 saturated heterocycles. The van der Waals surface area contributed by atoms with Crippen LogP contribution in [0.25, 0.3) is 11.1 Å². The highest BCUT2D eigenvalue weighted by Crippen LogP contribution is 2.44. The van der Waals surface area contributed by atoms with Gasteiger partial charge in [0.2, 0.25) is 0 Å². The van der Waals surface area contributed by atoms with E-state index in [2.05, 4.69) is 15.3 Å². The highest BCUT2D eigenvalue weighted by Gasteiger charge is 2.29. The van der Waals surface area contributed by atoms with Gasteiger partial charge in [-0.2, -0.15) is 0 Å². The number of aromatic carboxylic acids is 1. The van der Waals surface area contributed by atoms with Gasteiger partial charge in [0.05, 0.1) is 0 Å². The SMILES string of the molecule is O=C(Nc1ncnc(C(=O)O)c1F)OCC1c2ccccc2-c2ccccc21. The standard InChI is InChI=1S/C20H14FN3O4/c21-16-17(19(25)26)22-10-23-18(16)24-20(27)28-9-15-13-7-3-1-5-11(13)12-6-2-4-8-14(12)15/h1-8,10,15H,9H2,(H,25,26)(H,22,23,24,27). The van der Waals surface area contributed by atoms with Gasteiger partial charge in [-0.1, -0.05) is 48.5 Å². The summed E-state index contributed by atoms with van der Waals surface area (Å²) in [6, 6.07) is 15.7. The number of rotatable bonds is 4. The summed E-state index contributed by atoms with van der Waals surface area (Å²) in [5, 5.41) is 11.0. The fourth-order valence-corrected chi connectivity index (χ4v) is 3.34. The molecule has 140 valence electrons. The van der Waals surface area contributed by atoms with Gasteiger partial charge in [-0.25, -0.2) is 23.9 Å². The molecular formula is C20H14FN3O4. The van der Waals surface area contributed by atoms with E-state index in [9.17, 15) is 14.0 Å². The minimum Gasteiger partial charge on any atom is -0.476 e. The van der Waals surface area contributed by atoms with Crippen LogP contribution in [0.5, 0.6) is 0 Å². The number of amides is 1. The molecule has 2 aromatic carbocycles. The molecule has 1 amide bonds. The Kier molecular flexibility index (Phi) is 4.44. The molecule has 4 rings (SSSR count). The molecular weight excluding hydrogens is 365 g/mol. The summed E-state index contributed by atoms with van der Waals surface area (Å²) >= 11 is 0. The number of hydrogen-bond acceptors (Lipinski definition) is 5. The second-order valence-corrected chi connectivity index (χ2v) is 6.14. The van der Waals surface area contributed by atoms with E-state index < -0.39 is 29.4 Å². The van der Waals surface area contributed by atoms with Crippen molar-refractivity contribution in [2.24, 2.45) is 0 Å². The Hall–Kier alpha value is -3.81. The average Bonchev–Trinajstić information content (AvgIpc) is 3.02. The van der Waals surface area contributed by atoms with Gasteiger partial charge in [0.25, 0.3) is 0 Å². The van der Waals surface area contributed by atoms with Crippen molar-refractivity contribution in [1.82, 2.24) is 9.97 Å². The number of ether oxygens (including phenoxy) is 1.